The number of hydrogen-bond donors (Lipinski definition) is 4. The molecule has 0 bridgehead atoms. The van der Waals surface area contributed by atoms with Gasteiger partial charge in [-0.15, -0.1) is 0 Å². The zero-order chi connectivity index (χ0) is 18.2. The predicted molar refractivity (Wildman–Crippen MR) is 92.9 cm³/mol. The van der Waals surface area contributed by atoms with E-state index in [1.54, 1.807) is 26.8 Å². The highest BCUT2D eigenvalue weighted by Crippen LogP contribution is 2.32. The first kappa shape index (κ1) is 17.1. The fourth-order valence-corrected chi connectivity index (χ4v) is 2.59. The van der Waals surface area contributed by atoms with Crippen LogP contribution in [0.1, 0.15) is 29.8 Å². The maximum absolute atomic E-state index is 13.5. The number of anilines is 2. The Balaban J connectivity index is 2.19. The Kier molecular flexibility index (Phi) is 4.30. The minimum absolute atomic E-state index is 0.119. The zero-order valence-electron chi connectivity index (χ0n) is 14.3. The van der Waals surface area contributed by atoms with Gasteiger partial charge in [0.05, 0.1) is 24.5 Å². The zero-order valence-corrected chi connectivity index (χ0v) is 14.3. The Hall–Kier alpha value is -2.74. The molecule has 1 aromatic heterocycles. The number of nitrogens with zero attached hydrogens (tertiary/aromatic N) is 2. The summed E-state index contributed by atoms with van der Waals surface area (Å²) in [4.78, 5) is 21.2. The number of aliphatic hydroxyl groups excluding tert-OH is 1. The van der Waals surface area contributed by atoms with E-state index in [-0.39, 0.29) is 30.9 Å². The molecule has 4 N–H and O–H groups in total. The third-order valence-corrected chi connectivity index (χ3v) is 3.93. The van der Waals surface area contributed by atoms with Gasteiger partial charge < -0.3 is 21.1 Å². The van der Waals surface area contributed by atoms with Crippen LogP contribution in [0.25, 0.3) is 11.3 Å². The second-order valence-corrected chi connectivity index (χ2v) is 6.61. The third-order valence-electron chi connectivity index (χ3n) is 3.93. The quantitative estimate of drug-likeness (QED) is 0.675. The Morgan fingerprint density at radius 1 is 1.32 bits per heavy atom. The number of hydrogen-bond acceptors (Lipinski definition) is 6. The van der Waals surface area contributed by atoms with Crippen molar-refractivity contribution >= 4 is 17.7 Å². The highest BCUT2D eigenvalue weighted by molar-refractivity contribution is 6.06. The molecule has 132 valence electrons. The van der Waals surface area contributed by atoms with Crippen LogP contribution in [0.15, 0.2) is 18.2 Å². The van der Waals surface area contributed by atoms with Crippen LogP contribution in [0.2, 0.25) is 0 Å². The number of aromatic nitrogens is 2. The predicted octanol–water partition coefficient (Wildman–Crippen LogP) is 1.89. The lowest BCUT2D eigenvalue weighted by molar-refractivity contribution is 0.0952. The highest BCUT2D eigenvalue weighted by atomic mass is 19.1. The average Bonchev–Trinajstić information content (AvgIpc) is 2.54. The number of carbonyl (C=O) groups excluding carboxylic acids is 1. The summed E-state index contributed by atoms with van der Waals surface area (Å²) in [6, 6.07) is 4.31. The lowest BCUT2D eigenvalue weighted by Gasteiger charge is -2.26. The molecule has 1 aliphatic rings. The van der Waals surface area contributed by atoms with E-state index in [9.17, 15) is 14.3 Å². The summed E-state index contributed by atoms with van der Waals surface area (Å²) < 4.78 is 13.5. The summed E-state index contributed by atoms with van der Waals surface area (Å²) >= 11 is 0. The van der Waals surface area contributed by atoms with Crippen molar-refractivity contribution in [2.75, 3.05) is 23.9 Å². The monoisotopic (exact) mass is 345 g/mol. The standard InChI is InChI=1S/C17H20FN5O2/c1-9-6-10(18)4-5-11(9)13-12-14(19-8-20-15(12)25)22-16(21-13)23-17(2,3)7-24/h4-6,24H,7-8H2,1-3H3,(H,20,25)(H2,19,21,22,23). The maximum Gasteiger partial charge on any atom is 0.258 e. The van der Waals surface area contributed by atoms with Crippen LogP contribution in [0.5, 0.6) is 0 Å². The third kappa shape index (κ3) is 3.39. The highest BCUT2D eigenvalue weighted by Gasteiger charge is 2.27. The number of benzene rings is 1. The Morgan fingerprint density at radius 3 is 2.76 bits per heavy atom. The van der Waals surface area contributed by atoms with Crippen molar-refractivity contribution in [2.24, 2.45) is 0 Å². The molecule has 3 rings (SSSR count). The molecular formula is C17H20FN5O2. The van der Waals surface area contributed by atoms with Gasteiger partial charge in [0, 0.05) is 5.56 Å². The molecule has 0 aliphatic carbocycles. The van der Waals surface area contributed by atoms with Gasteiger partial charge in [-0.25, -0.2) is 9.37 Å². The van der Waals surface area contributed by atoms with Gasteiger partial charge in [-0.3, -0.25) is 4.79 Å². The minimum Gasteiger partial charge on any atom is -0.394 e. The normalized spacial score (nSPS) is 13.7. The van der Waals surface area contributed by atoms with E-state index in [1.807, 2.05) is 0 Å². The summed E-state index contributed by atoms with van der Waals surface area (Å²) in [6.45, 7) is 5.50. The number of amides is 1. The first-order valence-electron chi connectivity index (χ1n) is 7.90. The second kappa shape index (κ2) is 6.29. The van der Waals surface area contributed by atoms with E-state index in [0.29, 0.717) is 28.2 Å². The van der Waals surface area contributed by atoms with Crippen LogP contribution in [-0.2, 0) is 0 Å². The Labute approximate surface area is 144 Å². The number of halogens is 1. The number of fused-ring (bicyclic) bond motifs is 1. The van der Waals surface area contributed by atoms with Crippen LogP contribution < -0.4 is 16.0 Å². The summed E-state index contributed by atoms with van der Waals surface area (Å²) in [6.07, 6.45) is 0. The van der Waals surface area contributed by atoms with Crippen molar-refractivity contribution < 1.29 is 14.3 Å². The molecule has 0 saturated heterocycles. The number of rotatable bonds is 4. The summed E-state index contributed by atoms with van der Waals surface area (Å²) in [5.41, 5.74) is 1.38. The summed E-state index contributed by atoms with van der Waals surface area (Å²) in [7, 11) is 0. The van der Waals surface area contributed by atoms with Crippen LogP contribution in [0, 0.1) is 12.7 Å². The van der Waals surface area contributed by atoms with Crippen molar-refractivity contribution in [3.8, 4) is 11.3 Å². The first-order chi connectivity index (χ1) is 11.8. The van der Waals surface area contributed by atoms with Gasteiger partial charge in [0.2, 0.25) is 5.95 Å². The van der Waals surface area contributed by atoms with Crippen molar-refractivity contribution in [2.45, 2.75) is 26.3 Å². The van der Waals surface area contributed by atoms with Gasteiger partial charge in [0.15, 0.2) is 0 Å². The molecule has 0 saturated carbocycles. The van der Waals surface area contributed by atoms with Crippen molar-refractivity contribution in [1.82, 2.24) is 15.3 Å². The van der Waals surface area contributed by atoms with Gasteiger partial charge in [0.25, 0.3) is 5.91 Å². The molecule has 7 nitrogen and oxygen atoms in total. The minimum atomic E-state index is -0.639. The average molecular weight is 345 g/mol. The SMILES string of the molecule is Cc1cc(F)ccc1-c1nc(NC(C)(C)CO)nc2c1C(=O)NCN2. The van der Waals surface area contributed by atoms with Crippen molar-refractivity contribution in [1.29, 1.82) is 0 Å². The fraction of sp³-hybridized carbons (Fsp3) is 0.353. The van der Waals surface area contributed by atoms with Crippen LogP contribution in [0.4, 0.5) is 16.2 Å². The number of carbonyl (C=O) groups is 1. The molecule has 1 amide bonds. The van der Waals surface area contributed by atoms with Gasteiger partial charge in [0.1, 0.15) is 17.2 Å². The number of aliphatic hydroxyl groups is 1. The molecule has 0 atom stereocenters. The summed E-state index contributed by atoms with van der Waals surface area (Å²) in [5, 5.41) is 18.2. The molecule has 2 aromatic rings. The van der Waals surface area contributed by atoms with E-state index >= 15 is 0 Å². The van der Waals surface area contributed by atoms with Gasteiger partial charge in [-0.05, 0) is 44.5 Å². The molecular weight excluding hydrogens is 325 g/mol. The van der Waals surface area contributed by atoms with E-state index in [4.69, 9.17) is 0 Å². The van der Waals surface area contributed by atoms with Crippen LogP contribution >= 0.6 is 0 Å². The van der Waals surface area contributed by atoms with Crippen molar-refractivity contribution in [3.05, 3.63) is 35.1 Å². The molecule has 0 fully saturated rings. The lowest BCUT2D eigenvalue weighted by atomic mass is 10.00. The lowest BCUT2D eigenvalue weighted by Crippen LogP contribution is -2.38. The molecule has 2 heterocycles. The van der Waals surface area contributed by atoms with Crippen LogP contribution in [0.3, 0.4) is 0 Å². The van der Waals surface area contributed by atoms with E-state index in [1.165, 1.54) is 12.1 Å². The van der Waals surface area contributed by atoms with Crippen LogP contribution in [-0.4, -0.2) is 39.8 Å². The van der Waals surface area contributed by atoms with E-state index < -0.39 is 5.54 Å². The first-order valence-corrected chi connectivity index (χ1v) is 7.90. The molecule has 8 heteroatoms. The van der Waals surface area contributed by atoms with E-state index in [0.717, 1.165) is 0 Å². The second-order valence-electron chi connectivity index (χ2n) is 6.61. The largest absolute Gasteiger partial charge is 0.394 e. The fourth-order valence-electron chi connectivity index (χ4n) is 2.59. The molecule has 0 spiro atoms. The maximum atomic E-state index is 13.5. The summed E-state index contributed by atoms with van der Waals surface area (Å²) in [5.74, 6) is 0.0272. The molecule has 1 aromatic carbocycles. The van der Waals surface area contributed by atoms with Gasteiger partial charge in [-0.1, -0.05) is 0 Å². The smallest absolute Gasteiger partial charge is 0.258 e. The number of aryl methyl sites for hydroxylation is 1. The number of nitrogens with one attached hydrogen (secondary N) is 3. The topological polar surface area (TPSA) is 99.2 Å². The molecule has 1 aliphatic heterocycles. The Morgan fingerprint density at radius 2 is 2.08 bits per heavy atom. The molecule has 0 unspecified atom stereocenters. The van der Waals surface area contributed by atoms with Crippen molar-refractivity contribution in [3.63, 3.8) is 0 Å². The van der Waals surface area contributed by atoms with Gasteiger partial charge >= 0.3 is 0 Å². The molecule has 0 radical (unpaired) electrons. The van der Waals surface area contributed by atoms with E-state index in [2.05, 4.69) is 25.9 Å². The molecule has 25 heavy (non-hydrogen) atoms. The Bertz CT molecular complexity index is 838. The van der Waals surface area contributed by atoms with Gasteiger partial charge in [-0.2, -0.15) is 4.98 Å².